The maximum atomic E-state index is 13.2. The van der Waals surface area contributed by atoms with Gasteiger partial charge in [0.15, 0.2) is 0 Å². The molecule has 0 saturated heterocycles. The summed E-state index contributed by atoms with van der Waals surface area (Å²) in [7, 11) is 0. The van der Waals surface area contributed by atoms with Gasteiger partial charge in [-0.05, 0) is 37.1 Å². The van der Waals surface area contributed by atoms with Crippen LogP contribution >= 0.6 is 0 Å². The highest BCUT2D eigenvalue weighted by Crippen LogP contribution is 2.25. The van der Waals surface area contributed by atoms with Crippen LogP contribution in [-0.2, 0) is 6.54 Å². The molecule has 0 radical (unpaired) electrons. The van der Waals surface area contributed by atoms with Gasteiger partial charge in [-0.25, -0.2) is 9.37 Å². The number of aryl methyl sites for hydroxylation is 2. The Labute approximate surface area is 100 Å². The summed E-state index contributed by atoms with van der Waals surface area (Å²) in [6, 6.07) is 4.92. The summed E-state index contributed by atoms with van der Waals surface area (Å²) in [6.07, 6.45) is 2.73. The minimum Gasteiger partial charge on any atom is -0.383 e. The minimum atomic E-state index is -0.208. The number of nitrogens with zero attached hydrogens (tertiary/aromatic N) is 2. The first-order chi connectivity index (χ1) is 8.13. The van der Waals surface area contributed by atoms with Gasteiger partial charge < -0.3 is 10.3 Å². The van der Waals surface area contributed by atoms with Crippen molar-refractivity contribution in [3.8, 4) is 11.3 Å². The predicted molar refractivity (Wildman–Crippen MR) is 67.1 cm³/mol. The number of rotatable bonds is 3. The monoisotopic (exact) mass is 233 g/mol. The molecule has 2 rings (SSSR count). The van der Waals surface area contributed by atoms with Crippen molar-refractivity contribution < 1.29 is 4.39 Å². The lowest BCUT2D eigenvalue weighted by molar-refractivity contribution is 0.619. The molecule has 1 heterocycles. The Morgan fingerprint density at radius 3 is 2.82 bits per heavy atom. The number of anilines is 1. The Kier molecular flexibility index (Phi) is 3.13. The Morgan fingerprint density at radius 2 is 2.18 bits per heavy atom. The molecule has 0 aliphatic heterocycles. The van der Waals surface area contributed by atoms with E-state index in [-0.39, 0.29) is 5.82 Å². The third-order valence-corrected chi connectivity index (χ3v) is 2.77. The van der Waals surface area contributed by atoms with Gasteiger partial charge in [0, 0.05) is 12.1 Å². The largest absolute Gasteiger partial charge is 0.383 e. The molecule has 0 aliphatic rings. The Morgan fingerprint density at radius 1 is 1.41 bits per heavy atom. The van der Waals surface area contributed by atoms with Crippen LogP contribution in [0.1, 0.15) is 18.9 Å². The molecule has 0 aliphatic carbocycles. The van der Waals surface area contributed by atoms with Crippen LogP contribution in [0, 0.1) is 12.7 Å². The first-order valence-corrected chi connectivity index (χ1v) is 5.70. The van der Waals surface area contributed by atoms with Gasteiger partial charge in [-0.2, -0.15) is 0 Å². The van der Waals surface area contributed by atoms with E-state index < -0.39 is 0 Å². The van der Waals surface area contributed by atoms with Crippen molar-refractivity contribution in [1.29, 1.82) is 0 Å². The second-order valence-corrected chi connectivity index (χ2v) is 4.14. The molecule has 0 saturated carbocycles. The molecule has 0 amide bonds. The van der Waals surface area contributed by atoms with Crippen LogP contribution in [0.3, 0.4) is 0 Å². The van der Waals surface area contributed by atoms with Gasteiger partial charge in [0.2, 0.25) is 0 Å². The topological polar surface area (TPSA) is 43.8 Å². The number of nitrogens with two attached hydrogens (primary N) is 1. The lowest BCUT2D eigenvalue weighted by Gasteiger charge is -2.05. The summed E-state index contributed by atoms with van der Waals surface area (Å²) in [6.45, 7) is 4.66. The summed E-state index contributed by atoms with van der Waals surface area (Å²) in [5, 5.41) is 0. The number of halogens is 1. The van der Waals surface area contributed by atoms with E-state index in [1.807, 2.05) is 4.57 Å². The number of aromatic nitrogens is 2. The number of hydrogen-bond donors (Lipinski definition) is 1. The molecule has 17 heavy (non-hydrogen) atoms. The van der Waals surface area contributed by atoms with Crippen LogP contribution in [0.15, 0.2) is 24.5 Å². The maximum absolute atomic E-state index is 13.2. The van der Waals surface area contributed by atoms with E-state index in [2.05, 4.69) is 11.9 Å². The third kappa shape index (κ3) is 2.16. The van der Waals surface area contributed by atoms with Crippen molar-refractivity contribution in [2.24, 2.45) is 0 Å². The van der Waals surface area contributed by atoms with E-state index in [0.29, 0.717) is 11.4 Å². The number of imidazole rings is 1. The zero-order valence-corrected chi connectivity index (χ0v) is 10.1. The maximum Gasteiger partial charge on any atom is 0.131 e. The summed E-state index contributed by atoms with van der Waals surface area (Å²) in [5.74, 6) is 0.429. The normalized spacial score (nSPS) is 10.8. The van der Waals surface area contributed by atoms with Gasteiger partial charge in [0.25, 0.3) is 0 Å². The molecule has 3 nitrogen and oxygen atoms in total. The molecule has 0 spiro atoms. The standard InChI is InChI=1S/C13H16FN3/c1-3-6-17-8-16-12(13(17)15)10-4-5-11(14)9(2)7-10/h4-5,7-8H,3,6,15H2,1-2H3. The molecule has 0 unspecified atom stereocenters. The molecule has 1 aromatic heterocycles. The lowest BCUT2D eigenvalue weighted by atomic mass is 10.1. The van der Waals surface area contributed by atoms with E-state index in [1.165, 1.54) is 6.07 Å². The number of hydrogen-bond acceptors (Lipinski definition) is 2. The SMILES string of the molecule is CCCn1cnc(-c2ccc(F)c(C)c2)c1N. The lowest BCUT2D eigenvalue weighted by Crippen LogP contribution is -2.01. The van der Waals surface area contributed by atoms with Crippen molar-refractivity contribution >= 4 is 5.82 Å². The molecule has 2 N–H and O–H groups in total. The minimum absolute atomic E-state index is 0.208. The Balaban J connectivity index is 2.42. The molecule has 90 valence electrons. The molecular formula is C13H16FN3. The third-order valence-electron chi connectivity index (χ3n) is 2.77. The van der Waals surface area contributed by atoms with Gasteiger partial charge in [-0.1, -0.05) is 6.92 Å². The first kappa shape index (κ1) is 11.6. The average Bonchev–Trinajstić information content (AvgIpc) is 2.66. The fourth-order valence-corrected chi connectivity index (χ4v) is 1.83. The van der Waals surface area contributed by atoms with E-state index in [4.69, 9.17) is 5.73 Å². The Hall–Kier alpha value is -1.84. The van der Waals surface area contributed by atoms with Crippen LogP contribution in [0.5, 0.6) is 0 Å². The molecule has 0 atom stereocenters. The quantitative estimate of drug-likeness (QED) is 0.885. The van der Waals surface area contributed by atoms with Crippen molar-refractivity contribution in [2.75, 3.05) is 5.73 Å². The van der Waals surface area contributed by atoms with Gasteiger partial charge >= 0.3 is 0 Å². The van der Waals surface area contributed by atoms with E-state index in [9.17, 15) is 4.39 Å². The van der Waals surface area contributed by atoms with Crippen LogP contribution in [-0.4, -0.2) is 9.55 Å². The van der Waals surface area contributed by atoms with Crippen molar-refractivity contribution in [3.05, 3.63) is 35.9 Å². The van der Waals surface area contributed by atoms with Crippen molar-refractivity contribution in [3.63, 3.8) is 0 Å². The molecule has 2 aromatic rings. The van der Waals surface area contributed by atoms with Gasteiger partial charge in [-0.3, -0.25) is 0 Å². The molecule has 0 bridgehead atoms. The zero-order chi connectivity index (χ0) is 12.4. The number of nitrogen functional groups attached to an aromatic ring is 1. The van der Waals surface area contributed by atoms with Gasteiger partial charge in [-0.15, -0.1) is 0 Å². The molecule has 1 aromatic carbocycles. The zero-order valence-electron chi connectivity index (χ0n) is 10.1. The molecule has 4 heteroatoms. The summed E-state index contributed by atoms with van der Waals surface area (Å²) < 4.78 is 15.1. The summed E-state index contributed by atoms with van der Waals surface area (Å²) in [4.78, 5) is 4.29. The van der Waals surface area contributed by atoms with Gasteiger partial charge in [0.05, 0.1) is 6.33 Å². The van der Waals surface area contributed by atoms with Crippen molar-refractivity contribution in [1.82, 2.24) is 9.55 Å². The van der Waals surface area contributed by atoms with Crippen molar-refractivity contribution in [2.45, 2.75) is 26.8 Å². The average molecular weight is 233 g/mol. The highest BCUT2D eigenvalue weighted by molar-refractivity contribution is 5.70. The van der Waals surface area contributed by atoms with E-state index in [0.717, 1.165) is 24.2 Å². The fraction of sp³-hybridized carbons (Fsp3) is 0.308. The summed E-state index contributed by atoms with van der Waals surface area (Å²) in [5.41, 5.74) is 8.20. The van der Waals surface area contributed by atoms with Gasteiger partial charge in [0.1, 0.15) is 17.3 Å². The molecular weight excluding hydrogens is 217 g/mol. The Bertz CT molecular complexity index is 531. The number of benzene rings is 1. The predicted octanol–water partition coefficient (Wildman–Crippen LogP) is 2.99. The first-order valence-electron chi connectivity index (χ1n) is 5.70. The van der Waals surface area contributed by atoms with E-state index in [1.54, 1.807) is 25.4 Å². The smallest absolute Gasteiger partial charge is 0.131 e. The second-order valence-electron chi connectivity index (χ2n) is 4.14. The second kappa shape index (κ2) is 4.57. The highest BCUT2D eigenvalue weighted by Gasteiger charge is 2.10. The van der Waals surface area contributed by atoms with Crippen LogP contribution in [0.4, 0.5) is 10.2 Å². The van der Waals surface area contributed by atoms with E-state index >= 15 is 0 Å². The summed E-state index contributed by atoms with van der Waals surface area (Å²) >= 11 is 0. The van der Waals surface area contributed by atoms with Crippen LogP contribution < -0.4 is 5.73 Å². The molecule has 0 fully saturated rings. The van der Waals surface area contributed by atoms with Crippen LogP contribution in [0.2, 0.25) is 0 Å². The highest BCUT2D eigenvalue weighted by atomic mass is 19.1. The van der Waals surface area contributed by atoms with Crippen LogP contribution in [0.25, 0.3) is 11.3 Å². The fourth-order valence-electron chi connectivity index (χ4n) is 1.83.